The second-order valence-corrected chi connectivity index (χ2v) is 3.63. The molecular formula is C10H14N2O. The highest BCUT2D eigenvalue weighted by molar-refractivity contribution is 5.12. The highest BCUT2D eigenvalue weighted by Gasteiger charge is 2.24. The lowest BCUT2D eigenvalue weighted by atomic mass is 9.83. The third-order valence-corrected chi connectivity index (χ3v) is 2.74. The van der Waals surface area contributed by atoms with E-state index in [-0.39, 0.29) is 12.0 Å². The average molecular weight is 178 g/mol. The molecule has 1 aromatic rings. The summed E-state index contributed by atoms with van der Waals surface area (Å²) in [5.74, 6) is 0.259. The van der Waals surface area contributed by atoms with Crippen LogP contribution in [0.3, 0.4) is 0 Å². The van der Waals surface area contributed by atoms with Crippen molar-refractivity contribution in [2.75, 3.05) is 0 Å². The molecule has 0 bridgehead atoms. The molecule has 1 heterocycles. The summed E-state index contributed by atoms with van der Waals surface area (Å²) >= 11 is 0. The fourth-order valence-electron chi connectivity index (χ4n) is 2.00. The molecule has 0 spiro atoms. The Kier molecular flexibility index (Phi) is 2.54. The number of hydrogen-bond donors (Lipinski definition) is 1. The van der Waals surface area contributed by atoms with Gasteiger partial charge in [-0.15, -0.1) is 0 Å². The first-order valence-electron chi connectivity index (χ1n) is 4.81. The van der Waals surface area contributed by atoms with Crippen LogP contribution in [0.1, 0.15) is 37.2 Å². The summed E-state index contributed by atoms with van der Waals surface area (Å²) in [5.41, 5.74) is 1.08. The molecule has 0 radical (unpaired) electrons. The Balaban J connectivity index is 2.15. The van der Waals surface area contributed by atoms with Crippen molar-refractivity contribution >= 4 is 0 Å². The van der Waals surface area contributed by atoms with Crippen molar-refractivity contribution in [1.29, 1.82) is 0 Å². The van der Waals surface area contributed by atoms with E-state index in [0.29, 0.717) is 0 Å². The zero-order chi connectivity index (χ0) is 9.10. The van der Waals surface area contributed by atoms with Gasteiger partial charge in [0.1, 0.15) is 6.33 Å². The molecule has 2 rings (SSSR count). The van der Waals surface area contributed by atoms with Gasteiger partial charge in [-0.2, -0.15) is 0 Å². The predicted molar refractivity (Wildman–Crippen MR) is 49.2 cm³/mol. The Morgan fingerprint density at radius 1 is 1.15 bits per heavy atom. The van der Waals surface area contributed by atoms with Gasteiger partial charge in [-0.05, 0) is 18.4 Å². The topological polar surface area (TPSA) is 46.0 Å². The molecule has 3 heteroatoms. The van der Waals surface area contributed by atoms with Crippen molar-refractivity contribution in [2.24, 2.45) is 0 Å². The monoisotopic (exact) mass is 178 g/mol. The first-order chi connectivity index (χ1) is 6.38. The normalized spacial score (nSPS) is 28.7. The molecule has 1 N–H and O–H groups in total. The highest BCUT2D eigenvalue weighted by atomic mass is 16.3. The van der Waals surface area contributed by atoms with Crippen LogP contribution in [-0.2, 0) is 0 Å². The van der Waals surface area contributed by atoms with E-state index in [9.17, 15) is 5.11 Å². The van der Waals surface area contributed by atoms with Gasteiger partial charge >= 0.3 is 0 Å². The van der Waals surface area contributed by atoms with Gasteiger partial charge in [0.05, 0.1) is 6.10 Å². The van der Waals surface area contributed by atoms with E-state index in [1.165, 1.54) is 12.7 Å². The summed E-state index contributed by atoms with van der Waals surface area (Å²) in [7, 11) is 0. The van der Waals surface area contributed by atoms with E-state index in [4.69, 9.17) is 0 Å². The minimum absolute atomic E-state index is 0.195. The number of aromatic nitrogens is 2. The van der Waals surface area contributed by atoms with E-state index in [1.54, 1.807) is 0 Å². The van der Waals surface area contributed by atoms with Gasteiger partial charge in [-0.3, -0.25) is 0 Å². The van der Waals surface area contributed by atoms with Crippen molar-refractivity contribution < 1.29 is 5.11 Å². The zero-order valence-corrected chi connectivity index (χ0v) is 7.56. The molecule has 0 aliphatic heterocycles. The average Bonchev–Trinajstić information content (AvgIpc) is 2.20. The van der Waals surface area contributed by atoms with Crippen LogP contribution < -0.4 is 0 Å². The summed E-state index contributed by atoms with van der Waals surface area (Å²) in [5, 5.41) is 9.77. The molecule has 1 aromatic heterocycles. The molecule has 0 saturated heterocycles. The Morgan fingerprint density at radius 3 is 2.54 bits per heavy atom. The fraction of sp³-hybridized carbons (Fsp3) is 0.600. The molecule has 3 nitrogen and oxygen atoms in total. The van der Waals surface area contributed by atoms with Crippen LogP contribution in [0.15, 0.2) is 18.7 Å². The second kappa shape index (κ2) is 3.83. The Morgan fingerprint density at radius 2 is 1.85 bits per heavy atom. The van der Waals surface area contributed by atoms with Crippen molar-refractivity contribution in [3.8, 4) is 0 Å². The Labute approximate surface area is 77.8 Å². The molecule has 1 aliphatic carbocycles. The molecule has 0 unspecified atom stereocenters. The van der Waals surface area contributed by atoms with Gasteiger partial charge in [0.2, 0.25) is 0 Å². The van der Waals surface area contributed by atoms with E-state index < -0.39 is 0 Å². The number of rotatable bonds is 1. The summed E-state index contributed by atoms with van der Waals surface area (Å²) in [4.78, 5) is 7.94. The number of aliphatic hydroxyl groups is 1. The van der Waals surface area contributed by atoms with Crippen molar-refractivity contribution in [1.82, 2.24) is 9.97 Å². The van der Waals surface area contributed by atoms with Crippen LogP contribution in [0.5, 0.6) is 0 Å². The van der Waals surface area contributed by atoms with E-state index in [2.05, 4.69) is 9.97 Å². The standard InChI is InChI=1S/C10H14N2O/c13-10-4-2-1-3-9(10)8-5-11-7-12-6-8/h5-7,9-10,13H,1-4H2/t9-,10+/m0/s1. The van der Waals surface area contributed by atoms with Crippen LogP contribution in [0.4, 0.5) is 0 Å². The maximum atomic E-state index is 9.77. The summed E-state index contributed by atoms with van der Waals surface area (Å²) in [6.45, 7) is 0. The van der Waals surface area contributed by atoms with Crippen molar-refractivity contribution in [2.45, 2.75) is 37.7 Å². The Bertz CT molecular complexity index is 263. The van der Waals surface area contributed by atoms with E-state index in [1.807, 2.05) is 12.4 Å². The van der Waals surface area contributed by atoms with Gasteiger partial charge in [-0.25, -0.2) is 9.97 Å². The Hall–Kier alpha value is -0.960. The highest BCUT2D eigenvalue weighted by Crippen LogP contribution is 2.31. The molecule has 2 atom stereocenters. The maximum absolute atomic E-state index is 9.77. The second-order valence-electron chi connectivity index (χ2n) is 3.63. The van der Waals surface area contributed by atoms with Crippen molar-refractivity contribution in [3.63, 3.8) is 0 Å². The first kappa shape index (κ1) is 8.63. The molecule has 1 aliphatic rings. The van der Waals surface area contributed by atoms with Gasteiger partial charge in [0.15, 0.2) is 0 Å². The predicted octanol–water partition coefficient (Wildman–Crippen LogP) is 1.50. The van der Waals surface area contributed by atoms with Crippen LogP contribution in [0, 0.1) is 0 Å². The lowest BCUT2D eigenvalue weighted by Crippen LogP contribution is -2.22. The fourth-order valence-corrected chi connectivity index (χ4v) is 2.00. The van der Waals surface area contributed by atoms with E-state index >= 15 is 0 Å². The molecule has 0 amide bonds. The van der Waals surface area contributed by atoms with Crippen LogP contribution >= 0.6 is 0 Å². The third kappa shape index (κ3) is 1.86. The summed E-state index contributed by atoms with van der Waals surface area (Å²) in [6.07, 6.45) is 9.28. The quantitative estimate of drug-likeness (QED) is 0.708. The maximum Gasteiger partial charge on any atom is 0.115 e. The molecule has 70 valence electrons. The molecule has 0 aromatic carbocycles. The van der Waals surface area contributed by atoms with Crippen LogP contribution in [0.2, 0.25) is 0 Å². The first-order valence-corrected chi connectivity index (χ1v) is 4.81. The van der Waals surface area contributed by atoms with Gasteiger partial charge in [0.25, 0.3) is 0 Å². The smallest absolute Gasteiger partial charge is 0.115 e. The third-order valence-electron chi connectivity index (χ3n) is 2.74. The molecule has 1 fully saturated rings. The van der Waals surface area contributed by atoms with Gasteiger partial charge < -0.3 is 5.11 Å². The summed E-state index contributed by atoms with van der Waals surface area (Å²) < 4.78 is 0. The molecule has 1 saturated carbocycles. The van der Waals surface area contributed by atoms with Gasteiger partial charge in [0, 0.05) is 18.3 Å². The zero-order valence-electron chi connectivity index (χ0n) is 7.56. The number of hydrogen-bond acceptors (Lipinski definition) is 3. The number of nitrogens with zero attached hydrogens (tertiary/aromatic N) is 2. The minimum Gasteiger partial charge on any atom is -0.392 e. The molecule has 13 heavy (non-hydrogen) atoms. The SMILES string of the molecule is O[C@@H]1CCCC[C@H]1c1cncnc1. The number of aliphatic hydroxyl groups excluding tert-OH is 1. The summed E-state index contributed by atoms with van der Waals surface area (Å²) in [6, 6.07) is 0. The molecular weight excluding hydrogens is 164 g/mol. The van der Waals surface area contributed by atoms with Gasteiger partial charge in [-0.1, -0.05) is 12.8 Å². The van der Waals surface area contributed by atoms with Crippen molar-refractivity contribution in [3.05, 3.63) is 24.3 Å². The lowest BCUT2D eigenvalue weighted by Gasteiger charge is -2.27. The van der Waals surface area contributed by atoms with E-state index in [0.717, 1.165) is 24.8 Å². The van der Waals surface area contributed by atoms with Crippen LogP contribution in [-0.4, -0.2) is 21.2 Å². The largest absolute Gasteiger partial charge is 0.392 e. The lowest BCUT2D eigenvalue weighted by molar-refractivity contribution is 0.106. The van der Waals surface area contributed by atoms with Crippen LogP contribution in [0.25, 0.3) is 0 Å². The minimum atomic E-state index is -0.195.